The fourth-order valence-corrected chi connectivity index (χ4v) is 3.85. The zero-order valence-corrected chi connectivity index (χ0v) is 17.2. The molecule has 0 spiro atoms. The van der Waals surface area contributed by atoms with Gasteiger partial charge in [0.2, 0.25) is 5.16 Å². The number of thioether (sulfide) groups is 1. The van der Waals surface area contributed by atoms with Crippen molar-refractivity contribution < 1.29 is 0 Å². The van der Waals surface area contributed by atoms with Crippen molar-refractivity contribution in [2.24, 2.45) is 14.1 Å². The van der Waals surface area contributed by atoms with Gasteiger partial charge in [-0.3, -0.25) is 19.0 Å². The average Bonchev–Trinajstić information content (AvgIpc) is 3.33. The normalized spacial score (nSPS) is 11.4. The van der Waals surface area contributed by atoms with E-state index in [0.29, 0.717) is 35.0 Å². The van der Waals surface area contributed by atoms with Gasteiger partial charge in [0.15, 0.2) is 17.0 Å². The Balaban J connectivity index is 1.43. The molecule has 0 saturated heterocycles. The minimum atomic E-state index is -0.356. The van der Waals surface area contributed by atoms with Crippen LogP contribution in [-0.2, 0) is 20.6 Å². The van der Waals surface area contributed by atoms with Crippen LogP contribution in [0.15, 0.2) is 45.3 Å². The summed E-state index contributed by atoms with van der Waals surface area (Å²) in [6.07, 6.45) is 2.18. The van der Waals surface area contributed by atoms with Gasteiger partial charge in [-0.15, -0.1) is 5.10 Å². The molecule has 0 fully saturated rings. The fourth-order valence-electron chi connectivity index (χ4n) is 3.13. The maximum Gasteiger partial charge on any atom is 0.332 e. The van der Waals surface area contributed by atoms with Crippen LogP contribution in [0.3, 0.4) is 0 Å². The SMILES string of the molecule is Cc1ccc(-c2nc(SCCCn3c(=O)c4c(ncn4C)n(C)c3=O)n[nH]2)cc1. The van der Waals surface area contributed by atoms with E-state index in [1.807, 2.05) is 31.2 Å². The number of fused-ring (bicyclic) bond motifs is 1. The van der Waals surface area contributed by atoms with Gasteiger partial charge < -0.3 is 4.57 Å². The molecule has 1 aromatic carbocycles. The van der Waals surface area contributed by atoms with Crippen LogP contribution in [0, 0.1) is 6.92 Å². The second-order valence-electron chi connectivity index (χ2n) is 6.86. The molecule has 1 N–H and O–H groups in total. The summed E-state index contributed by atoms with van der Waals surface area (Å²) in [4.78, 5) is 33.8. The molecule has 9 nitrogen and oxygen atoms in total. The maximum absolute atomic E-state index is 12.7. The van der Waals surface area contributed by atoms with Crippen molar-refractivity contribution in [2.75, 3.05) is 5.75 Å². The van der Waals surface area contributed by atoms with Crippen molar-refractivity contribution in [3.8, 4) is 11.4 Å². The minimum Gasteiger partial charge on any atom is -0.328 e. The van der Waals surface area contributed by atoms with Crippen molar-refractivity contribution in [2.45, 2.75) is 25.0 Å². The first-order chi connectivity index (χ1) is 14.0. The van der Waals surface area contributed by atoms with Crippen LogP contribution in [-0.4, -0.2) is 39.6 Å². The number of hydrogen-bond donors (Lipinski definition) is 1. The number of aryl methyl sites for hydroxylation is 3. The highest BCUT2D eigenvalue weighted by Gasteiger charge is 2.14. The number of nitrogens with one attached hydrogen (secondary N) is 1. The number of H-pyrrole nitrogens is 1. The highest BCUT2D eigenvalue weighted by atomic mass is 32.2. The molecule has 150 valence electrons. The summed E-state index contributed by atoms with van der Waals surface area (Å²) >= 11 is 1.49. The Morgan fingerprint density at radius 2 is 1.90 bits per heavy atom. The summed E-state index contributed by atoms with van der Waals surface area (Å²) in [5.74, 6) is 1.41. The second kappa shape index (κ2) is 7.70. The molecule has 3 aromatic heterocycles. The Bertz CT molecular complexity index is 1280. The van der Waals surface area contributed by atoms with Gasteiger partial charge in [-0.05, 0) is 13.3 Å². The number of imidazole rings is 1. The lowest BCUT2D eigenvalue weighted by Crippen LogP contribution is -2.39. The van der Waals surface area contributed by atoms with E-state index in [1.165, 1.54) is 26.5 Å². The van der Waals surface area contributed by atoms with Gasteiger partial charge in [0, 0.05) is 32.0 Å². The summed E-state index contributed by atoms with van der Waals surface area (Å²) in [6, 6.07) is 8.06. The molecule has 10 heteroatoms. The monoisotopic (exact) mass is 411 g/mol. The van der Waals surface area contributed by atoms with E-state index in [-0.39, 0.29) is 11.2 Å². The van der Waals surface area contributed by atoms with E-state index < -0.39 is 0 Å². The zero-order chi connectivity index (χ0) is 20.5. The van der Waals surface area contributed by atoms with Gasteiger partial charge >= 0.3 is 5.69 Å². The third kappa shape index (κ3) is 3.63. The van der Waals surface area contributed by atoms with Crippen LogP contribution < -0.4 is 11.2 Å². The van der Waals surface area contributed by atoms with E-state index in [2.05, 4.69) is 20.2 Å². The molecule has 0 aliphatic rings. The number of aromatic amines is 1. The Labute approximate surface area is 170 Å². The van der Waals surface area contributed by atoms with Gasteiger partial charge in [-0.25, -0.2) is 14.8 Å². The van der Waals surface area contributed by atoms with Crippen molar-refractivity contribution in [3.05, 3.63) is 57.0 Å². The highest BCUT2D eigenvalue weighted by molar-refractivity contribution is 7.99. The molecule has 0 radical (unpaired) electrons. The van der Waals surface area contributed by atoms with Gasteiger partial charge in [0.05, 0.1) is 6.33 Å². The zero-order valence-electron chi connectivity index (χ0n) is 16.4. The summed E-state index contributed by atoms with van der Waals surface area (Å²) in [5, 5.41) is 7.83. The largest absolute Gasteiger partial charge is 0.332 e. The van der Waals surface area contributed by atoms with Gasteiger partial charge in [-0.1, -0.05) is 41.6 Å². The molecule has 0 amide bonds. The molecule has 0 unspecified atom stereocenters. The molecule has 0 saturated carbocycles. The van der Waals surface area contributed by atoms with Gasteiger partial charge in [0.25, 0.3) is 5.56 Å². The molecule has 0 atom stereocenters. The third-order valence-electron chi connectivity index (χ3n) is 4.75. The molecule has 4 rings (SSSR count). The van der Waals surface area contributed by atoms with Gasteiger partial charge in [0.1, 0.15) is 0 Å². The van der Waals surface area contributed by atoms with Gasteiger partial charge in [-0.2, -0.15) is 0 Å². The minimum absolute atomic E-state index is 0.312. The van der Waals surface area contributed by atoms with E-state index >= 15 is 0 Å². The Kier molecular flexibility index (Phi) is 5.10. The second-order valence-corrected chi connectivity index (χ2v) is 7.92. The van der Waals surface area contributed by atoms with Crippen molar-refractivity contribution in [1.82, 2.24) is 33.9 Å². The Hall–Kier alpha value is -3.14. The smallest absolute Gasteiger partial charge is 0.328 e. The molecule has 3 heterocycles. The topological polar surface area (TPSA) is 103 Å². The highest BCUT2D eigenvalue weighted by Crippen LogP contribution is 2.20. The number of aromatic nitrogens is 7. The first-order valence-corrected chi connectivity index (χ1v) is 10.2. The first-order valence-electron chi connectivity index (χ1n) is 9.19. The number of rotatable bonds is 6. The quantitative estimate of drug-likeness (QED) is 0.383. The average molecular weight is 411 g/mol. The Morgan fingerprint density at radius 3 is 2.66 bits per heavy atom. The Morgan fingerprint density at radius 1 is 1.14 bits per heavy atom. The van der Waals surface area contributed by atoms with Crippen LogP contribution in [0.1, 0.15) is 12.0 Å². The van der Waals surface area contributed by atoms with Crippen LogP contribution in [0.5, 0.6) is 0 Å². The van der Waals surface area contributed by atoms with Crippen LogP contribution in [0.2, 0.25) is 0 Å². The summed E-state index contributed by atoms with van der Waals surface area (Å²) in [6.45, 7) is 2.37. The number of hydrogen-bond acceptors (Lipinski definition) is 6. The first kappa shape index (κ1) is 19.2. The number of nitrogens with zero attached hydrogens (tertiary/aromatic N) is 6. The van der Waals surface area contributed by atoms with Crippen LogP contribution in [0.4, 0.5) is 0 Å². The molecule has 29 heavy (non-hydrogen) atoms. The lowest BCUT2D eigenvalue weighted by atomic mass is 10.1. The van der Waals surface area contributed by atoms with E-state index in [4.69, 9.17) is 0 Å². The van der Waals surface area contributed by atoms with Crippen molar-refractivity contribution >= 4 is 22.9 Å². The van der Waals surface area contributed by atoms with Crippen molar-refractivity contribution in [3.63, 3.8) is 0 Å². The van der Waals surface area contributed by atoms with E-state index in [0.717, 1.165) is 11.4 Å². The predicted octanol–water partition coefficient (Wildman–Crippen LogP) is 1.71. The van der Waals surface area contributed by atoms with Crippen molar-refractivity contribution in [1.29, 1.82) is 0 Å². The number of benzene rings is 1. The van der Waals surface area contributed by atoms with Crippen LogP contribution >= 0.6 is 11.8 Å². The summed E-state index contributed by atoms with van der Waals surface area (Å²) < 4.78 is 4.32. The lowest BCUT2D eigenvalue weighted by Gasteiger charge is -2.08. The predicted molar refractivity (Wildman–Crippen MR) is 112 cm³/mol. The standard InChI is InChI=1S/C19H21N7O2S/c1-12-5-7-13(8-6-12)15-21-18(23-22-15)29-10-4-9-26-17(27)14-16(20-11-24(14)2)25(3)19(26)28/h5-8,11H,4,9-10H2,1-3H3,(H,21,22,23). The molecule has 4 aromatic rings. The summed E-state index contributed by atoms with van der Waals surface area (Å²) in [7, 11) is 3.37. The molecule has 0 bridgehead atoms. The van der Waals surface area contributed by atoms with Crippen LogP contribution in [0.25, 0.3) is 22.6 Å². The molecular formula is C19H21N7O2S. The summed E-state index contributed by atoms with van der Waals surface area (Å²) in [5.41, 5.74) is 2.33. The molecule has 0 aliphatic carbocycles. The van der Waals surface area contributed by atoms with E-state index in [9.17, 15) is 9.59 Å². The molecular weight excluding hydrogens is 390 g/mol. The fraction of sp³-hybridized carbons (Fsp3) is 0.316. The lowest BCUT2D eigenvalue weighted by molar-refractivity contribution is 0.594. The maximum atomic E-state index is 12.7. The van der Waals surface area contributed by atoms with E-state index in [1.54, 1.807) is 25.0 Å². The third-order valence-corrected chi connectivity index (χ3v) is 5.68. The molecule has 0 aliphatic heterocycles.